The van der Waals surface area contributed by atoms with Crippen molar-refractivity contribution in [2.24, 2.45) is 0 Å². The minimum Gasteiger partial charge on any atom is -0.323 e. The van der Waals surface area contributed by atoms with Gasteiger partial charge in [0.15, 0.2) is 0 Å². The Labute approximate surface area is 172 Å². The molecule has 146 valence electrons. The Morgan fingerprint density at radius 3 is 2.66 bits per heavy atom. The summed E-state index contributed by atoms with van der Waals surface area (Å²) in [5, 5.41) is 0. The lowest BCUT2D eigenvalue weighted by molar-refractivity contribution is 0.121. The summed E-state index contributed by atoms with van der Waals surface area (Å²) in [6.45, 7) is 2.44. The zero-order valence-electron chi connectivity index (χ0n) is 16.8. The van der Waals surface area contributed by atoms with Crippen LogP contribution in [0.2, 0.25) is 0 Å². The number of nitrogens with zero attached hydrogens (tertiary/aromatic N) is 3. The average molecular weight is 382 g/mol. The van der Waals surface area contributed by atoms with Gasteiger partial charge in [-0.3, -0.25) is 4.90 Å². The van der Waals surface area contributed by atoms with Gasteiger partial charge in [0.25, 0.3) is 0 Å². The van der Waals surface area contributed by atoms with Crippen LogP contribution in [0.3, 0.4) is 0 Å². The molecule has 8 rings (SSSR count). The highest BCUT2D eigenvalue weighted by Gasteiger charge is 2.39. The van der Waals surface area contributed by atoms with Crippen LogP contribution in [0.1, 0.15) is 61.0 Å². The van der Waals surface area contributed by atoms with Crippen molar-refractivity contribution in [2.45, 2.75) is 56.5 Å². The molecule has 2 unspecified atom stereocenters. The first-order valence-corrected chi connectivity index (χ1v) is 11.4. The van der Waals surface area contributed by atoms with E-state index in [4.69, 9.17) is 4.98 Å². The van der Waals surface area contributed by atoms with Gasteiger partial charge in [0.1, 0.15) is 5.82 Å². The van der Waals surface area contributed by atoms with Gasteiger partial charge in [-0.25, -0.2) is 4.98 Å². The van der Waals surface area contributed by atoms with Crippen molar-refractivity contribution in [2.75, 3.05) is 13.1 Å². The van der Waals surface area contributed by atoms with Crippen molar-refractivity contribution in [3.8, 4) is 11.1 Å². The van der Waals surface area contributed by atoms with Crippen LogP contribution < -0.4 is 0 Å². The normalized spacial score (nSPS) is 25.8. The lowest BCUT2D eigenvalue weighted by Gasteiger charge is -2.37. The van der Waals surface area contributed by atoms with Gasteiger partial charge in [-0.1, -0.05) is 36.8 Å². The molecule has 2 aromatic carbocycles. The summed E-state index contributed by atoms with van der Waals surface area (Å²) in [4.78, 5) is 8.00. The van der Waals surface area contributed by atoms with E-state index < -0.39 is 0 Å². The zero-order valence-corrected chi connectivity index (χ0v) is 16.8. The summed E-state index contributed by atoms with van der Waals surface area (Å²) in [6, 6.07) is 15.3. The van der Waals surface area contributed by atoms with Crippen molar-refractivity contribution in [1.82, 2.24) is 14.5 Å². The predicted octanol–water partition coefficient (Wildman–Crippen LogP) is 5.56. The summed E-state index contributed by atoms with van der Waals surface area (Å²) in [7, 11) is 0. The first-order chi connectivity index (χ1) is 14.3. The van der Waals surface area contributed by atoms with E-state index >= 15 is 0 Å². The van der Waals surface area contributed by atoms with Gasteiger partial charge in [0, 0.05) is 31.1 Å². The zero-order chi connectivity index (χ0) is 18.9. The number of imidazole rings is 1. The molecule has 0 amide bonds. The fourth-order valence-electron chi connectivity index (χ4n) is 6.07. The molecule has 0 radical (unpaired) electrons. The van der Waals surface area contributed by atoms with Crippen molar-refractivity contribution >= 4 is 17.1 Å². The second kappa shape index (κ2) is 6.06. The molecule has 3 aromatic rings. The number of hydrogen-bond donors (Lipinski definition) is 0. The number of rotatable bonds is 2. The fourth-order valence-corrected chi connectivity index (χ4v) is 6.07. The molecule has 2 aliphatic carbocycles. The van der Waals surface area contributed by atoms with E-state index in [1.807, 2.05) is 0 Å². The summed E-state index contributed by atoms with van der Waals surface area (Å²) in [5.41, 5.74) is 7.93. The molecule has 3 heteroatoms. The third kappa shape index (κ3) is 2.43. The summed E-state index contributed by atoms with van der Waals surface area (Å²) in [5.74, 6) is 1.96. The van der Waals surface area contributed by atoms with Crippen LogP contribution in [0.5, 0.6) is 0 Å². The second-order valence-corrected chi connectivity index (χ2v) is 9.53. The smallest absolute Gasteiger partial charge is 0.114 e. The molecule has 29 heavy (non-hydrogen) atoms. The first-order valence-electron chi connectivity index (χ1n) is 11.4. The third-order valence-corrected chi connectivity index (χ3v) is 7.90. The molecular formula is C26H27N3. The molecule has 2 atom stereocenters. The molecule has 1 aromatic heterocycles. The van der Waals surface area contributed by atoms with E-state index in [0.717, 1.165) is 12.5 Å². The van der Waals surface area contributed by atoms with Crippen LogP contribution in [0.25, 0.3) is 28.2 Å². The Kier molecular flexibility index (Phi) is 3.43. The minimum atomic E-state index is 0.602. The molecule has 0 spiro atoms. The summed E-state index contributed by atoms with van der Waals surface area (Å²) >= 11 is 0. The van der Waals surface area contributed by atoms with Gasteiger partial charge in [0.05, 0.1) is 11.0 Å². The summed E-state index contributed by atoms with van der Waals surface area (Å²) in [6.07, 6.45) is 12.4. The highest BCUT2D eigenvalue weighted by atomic mass is 15.3. The Morgan fingerprint density at radius 2 is 1.76 bits per heavy atom. The Balaban J connectivity index is 1.29. The molecular weight excluding hydrogens is 354 g/mol. The van der Waals surface area contributed by atoms with Crippen LogP contribution in [0, 0.1) is 0 Å². The molecule has 0 N–H and O–H groups in total. The lowest BCUT2D eigenvalue weighted by Crippen LogP contribution is -2.42. The van der Waals surface area contributed by atoms with Crippen LogP contribution >= 0.6 is 0 Å². The van der Waals surface area contributed by atoms with Crippen molar-refractivity contribution < 1.29 is 0 Å². The van der Waals surface area contributed by atoms with E-state index in [0.29, 0.717) is 12.0 Å². The Morgan fingerprint density at radius 1 is 0.862 bits per heavy atom. The van der Waals surface area contributed by atoms with Gasteiger partial charge < -0.3 is 4.57 Å². The van der Waals surface area contributed by atoms with Gasteiger partial charge >= 0.3 is 0 Å². The van der Waals surface area contributed by atoms with E-state index in [-0.39, 0.29) is 0 Å². The molecule has 3 aliphatic heterocycles. The molecule has 3 nitrogen and oxygen atoms in total. The van der Waals surface area contributed by atoms with Crippen LogP contribution in [0.15, 0.2) is 42.5 Å². The number of aromatic nitrogens is 2. The highest BCUT2D eigenvalue weighted by Crippen LogP contribution is 2.43. The number of hydrogen-bond acceptors (Lipinski definition) is 2. The molecule has 2 bridgehead atoms. The van der Waals surface area contributed by atoms with Gasteiger partial charge in [-0.2, -0.15) is 0 Å². The van der Waals surface area contributed by atoms with Crippen LogP contribution in [0.4, 0.5) is 0 Å². The van der Waals surface area contributed by atoms with E-state index in [1.165, 1.54) is 84.3 Å². The maximum absolute atomic E-state index is 5.21. The molecule has 1 saturated heterocycles. The standard InChI is InChI=1S/C26H27N3/c1-3-17-7-8-19(13-18(17)4-1)20-10-12-25-24(14-20)27-26-21-9-11-23(29(25)26)16-28(15-21)22-5-2-6-22/h1,4,7-8,10,12-14,21-23H,2-3,5-6,9,11,15-16H2. The SMILES string of the molecule is C1=Cc2cc(-c3ccc4c(c3)nc3n4C4CCC3CN(C3CCC3)C4)ccc2C1. The number of fused-ring (bicyclic) bond motifs is 5. The van der Waals surface area contributed by atoms with Gasteiger partial charge in [0.2, 0.25) is 0 Å². The largest absolute Gasteiger partial charge is 0.323 e. The van der Waals surface area contributed by atoms with Crippen molar-refractivity contribution in [1.29, 1.82) is 0 Å². The number of benzene rings is 2. The molecule has 5 aliphatic rings. The minimum absolute atomic E-state index is 0.602. The molecule has 2 fully saturated rings. The maximum Gasteiger partial charge on any atom is 0.114 e. The second-order valence-electron chi connectivity index (χ2n) is 9.53. The van der Waals surface area contributed by atoms with Crippen molar-refractivity contribution in [3.63, 3.8) is 0 Å². The number of allylic oxidation sites excluding steroid dienone is 1. The fraction of sp³-hybridized carbons (Fsp3) is 0.423. The molecule has 1 saturated carbocycles. The lowest BCUT2D eigenvalue weighted by atomic mass is 9.91. The average Bonchev–Trinajstić information content (AvgIpc) is 3.23. The molecule has 4 heterocycles. The summed E-state index contributed by atoms with van der Waals surface area (Å²) < 4.78 is 2.61. The van der Waals surface area contributed by atoms with E-state index in [2.05, 4.69) is 58.0 Å². The quantitative estimate of drug-likeness (QED) is 0.579. The highest BCUT2D eigenvalue weighted by molar-refractivity contribution is 5.84. The Hall–Kier alpha value is -2.39. The van der Waals surface area contributed by atoms with E-state index in [9.17, 15) is 0 Å². The van der Waals surface area contributed by atoms with Crippen LogP contribution in [-0.4, -0.2) is 33.6 Å². The van der Waals surface area contributed by atoms with Gasteiger partial charge in [-0.05, 0) is 72.6 Å². The first kappa shape index (κ1) is 16.4. The van der Waals surface area contributed by atoms with Crippen LogP contribution in [-0.2, 0) is 6.42 Å². The topological polar surface area (TPSA) is 21.1 Å². The predicted molar refractivity (Wildman–Crippen MR) is 118 cm³/mol. The monoisotopic (exact) mass is 381 g/mol. The third-order valence-electron chi connectivity index (χ3n) is 7.90. The van der Waals surface area contributed by atoms with E-state index in [1.54, 1.807) is 0 Å². The van der Waals surface area contributed by atoms with Crippen molar-refractivity contribution in [3.05, 3.63) is 59.4 Å². The maximum atomic E-state index is 5.21. The Bertz CT molecular complexity index is 1150. The van der Waals surface area contributed by atoms with Gasteiger partial charge in [-0.15, -0.1) is 0 Å².